The summed E-state index contributed by atoms with van der Waals surface area (Å²) < 4.78 is 1.97. The monoisotopic (exact) mass is 284 g/mol. The first-order valence-electron chi connectivity index (χ1n) is 7.77. The van der Waals surface area contributed by atoms with E-state index >= 15 is 0 Å². The molecule has 1 aromatic heterocycles. The molecule has 4 heteroatoms. The molecular formula is C17H24N4. The number of rotatable bonds is 5. The summed E-state index contributed by atoms with van der Waals surface area (Å²) in [5, 5.41) is 7.89. The van der Waals surface area contributed by atoms with Crippen LogP contribution in [0.15, 0.2) is 36.7 Å². The number of nitrogens with one attached hydrogen (secondary N) is 1. The minimum atomic E-state index is 0.672. The van der Waals surface area contributed by atoms with Gasteiger partial charge in [-0.1, -0.05) is 18.2 Å². The number of fused-ring (bicyclic) bond motifs is 1. The van der Waals surface area contributed by atoms with Crippen molar-refractivity contribution in [2.24, 2.45) is 5.92 Å². The van der Waals surface area contributed by atoms with E-state index in [1.165, 1.54) is 23.2 Å². The van der Waals surface area contributed by atoms with Gasteiger partial charge in [-0.05, 0) is 30.9 Å². The number of aromatic nitrogens is 2. The molecule has 1 aromatic carbocycles. The van der Waals surface area contributed by atoms with Gasteiger partial charge >= 0.3 is 0 Å². The van der Waals surface area contributed by atoms with Crippen molar-refractivity contribution in [1.29, 1.82) is 0 Å². The largest absolute Gasteiger partial charge is 0.374 e. The van der Waals surface area contributed by atoms with Crippen LogP contribution in [0.5, 0.6) is 0 Å². The summed E-state index contributed by atoms with van der Waals surface area (Å²) in [7, 11) is 2.19. The van der Waals surface area contributed by atoms with E-state index in [-0.39, 0.29) is 0 Å². The molecule has 3 rings (SSSR count). The predicted molar refractivity (Wildman–Crippen MR) is 86.5 cm³/mol. The van der Waals surface area contributed by atoms with Crippen LogP contribution in [-0.4, -0.2) is 29.9 Å². The van der Waals surface area contributed by atoms with E-state index in [0.717, 1.165) is 26.2 Å². The number of hydrogen-bond acceptors (Lipinski definition) is 3. The van der Waals surface area contributed by atoms with Gasteiger partial charge in [0, 0.05) is 50.7 Å². The fraction of sp³-hybridized carbons (Fsp3) is 0.471. The highest BCUT2D eigenvalue weighted by molar-refractivity contribution is 5.55. The molecule has 21 heavy (non-hydrogen) atoms. The Morgan fingerprint density at radius 2 is 2.19 bits per heavy atom. The van der Waals surface area contributed by atoms with Gasteiger partial charge in [0.1, 0.15) is 0 Å². The van der Waals surface area contributed by atoms with E-state index in [2.05, 4.69) is 59.7 Å². The molecule has 1 aliphatic heterocycles. The third-order valence-electron chi connectivity index (χ3n) is 4.22. The number of para-hydroxylation sites is 1. The van der Waals surface area contributed by atoms with E-state index in [1.807, 2.05) is 10.9 Å². The molecule has 2 aromatic rings. The number of benzene rings is 1. The van der Waals surface area contributed by atoms with E-state index in [9.17, 15) is 0 Å². The molecule has 1 atom stereocenters. The van der Waals surface area contributed by atoms with Crippen LogP contribution in [0.4, 0.5) is 5.69 Å². The Labute approximate surface area is 126 Å². The SMILES string of the molecule is CCn1cc(CNC[C@@H]2Cc3ccccc3N(C)C2)cn1. The van der Waals surface area contributed by atoms with Crippen molar-refractivity contribution in [3.8, 4) is 0 Å². The molecule has 0 saturated heterocycles. The van der Waals surface area contributed by atoms with Gasteiger partial charge < -0.3 is 10.2 Å². The van der Waals surface area contributed by atoms with Crippen LogP contribution < -0.4 is 10.2 Å². The molecule has 0 radical (unpaired) electrons. The number of nitrogens with zero attached hydrogens (tertiary/aromatic N) is 3. The Balaban J connectivity index is 1.53. The first-order chi connectivity index (χ1) is 10.3. The maximum Gasteiger partial charge on any atom is 0.0534 e. The van der Waals surface area contributed by atoms with Crippen molar-refractivity contribution in [1.82, 2.24) is 15.1 Å². The average Bonchev–Trinajstić information content (AvgIpc) is 2.95. The van der Waals surface area contributed by atoms with E-state index < -0.39 is 0 Å². The molecule has 0 fully saturated rings. The van der Waals surface area contributed by atoms with Crippen molar-refractivity contribution in [2.45, 2.75) is 26.4 Å². The minimum Gasteiger partial charge on any atom is -0.374 e. The molecule has 0 amide bonds. The predicted octanol–water partition coefficient (Wildman–Crippen LogP) is 2.30. The summed E-state index contributed by atoms with van der Waals surface area (Å²) in [6.45, 7) is 6.12. The van der Waals surface area contributed by atoms with Gasteiger partial charge in [-0.15, -0.1) is 0 Å². The van der Waals surface area contributed by atoms with Crippen molar-refractivity contribution in [2.75, 3.05) is 25.0 Å². The maximum atomic E-state index is 4.31. The molecule has 4 nitrogen and oxygen atoms in total. The second-order valence-corrected chi connectivity index (χ2v) is 5.91. The van der Waals surface area contributed by atoms with Crippen molar-refractivity contribution in [3.05, 3.63) is 47.8 Å². The summed E-state index contributed by atoms with van der Waals surface area (Å²) in [6, 6.07) is 8.74. The first kappa shape index (κ1) is 14.1. The Morgan fingerprint density at radius 1 is 1.33 bits per heavy atom. The fourth-order valence-corrected chi connectivity index (χ4v) is 3.15. The van der Waals surface area contributed by atoms with Gasteiger partial charge in [-0.25, -0.2) is 0 Å². The van der Waals surface area contributed by atoms with Gasteiger partial charge in [-0.2, -0.15) is 5.10 Å². The highest BCUT2D eigenvalue weighted by Crippen LogP contribution is 2.27. The Kier molecular flexibility index (Phi) is 4.25. The molecule has 2 heterocycles. The Morgan fingerprint density at radius 3 is 3.00 bits per heavy atom. The standard InChI is InChI=1S/C17H24N4/c1-3-21-13-15(11-19-21)10-18-9-14-8-16-6-4-5-7-17(16)20(2)12-14/h4-7,11,13-14,18H,3,8-10,12H2,1-2H3/t14-/m0/s1. The van der Waals surface area contributed by atoms with E-state index in [1.54, 1.807) is 0 Å². The zero-order valence-corrected chi connectivity index (χ0v) is 12.9. The van der Waals surface area contributed by atoms with E-state index in [0.29, 0.717) is 5.92 Å². The van der Waals surface area contributed by atoms with Crippen LogP contribution in [0.25, 0.3) is 0 Å². The molecule has 112 valence electrons. The minimum absolute atomic E-state index is 0.672. The summed E-state index contributed by atoms with van der Waals surface area (Å²) in [5.74, 6) is 0.672. The number of anilines is 1. The average molecular weight is 284 g/mol. The third kappa shape index (κ3) is 3.27. The van der Waals surface area contributed by atoms with Crippen LogP contribution in [0.3, 0.4) is 0 Å². The van der Waals surface area contributed by atoms with Crippen LogP contribution in [0, 0.1) is 5.92 Å². The van der Waals surface area contributed by atoms with E-state index in [4.69, 9.17) is 0 Å². The molecule has 0 aliphatic carbocycles. The summed E-state index contributed by atoms with van der Waals surface area (Å²) in [5.41, 5.74) is 4.12. The van der Waals surface area contributed by atoms with Crippen molar-refractivity contribution in [3.63, 3.8) is 0 Å². The normalized spacial score (nSPS) is 17.8. The quantitative estimate of drug-likeness (QED) is 0.914. The molecule has 0 unspecified atom stereocenters. The second-order valence-electron chi connectivity index (χ2n) is 5.91. The summed E-state index contributed by atoms with van der Waals surface area (Å²) in [4.78, 5) is 2.38. The zero-order chi connectivity index (χ0) is 14.7. The Bertz CT molecular complexity index is 590. The molecule has 0 saturated carbocycles. The smallest absolute Gasteiger partial charge is 0.0534 e. The number of aryl methyl sites for hydroxylation is 1. The molecule has 0 bridgehead atoms. The summed E-state index contributed by atoms with van der Waals surface area (Å²) >= 11 is 0. The lowest BCUT2D eigenvalue weighted by atomic mass is 9.93. The molecule has 1 N–H and O–H groups in total. The molecular weight excluding hydrogens is 260 g/mol. The van der Waals surface area contributed by atoms with Crippen LogP contribution in [0.1, 0.15) is 18.1 Å². The van der Waals surface area contributed by atoms with Crippen molar-refractivity contribution >= 4 is 5.69 Å². The second kappa shape index (κ2) is 6.31. The zero-order valence-electron chi connectivity index (χ0n) is 12.9. The van der Waals surface area contributed by atoms with Crippen molar-refractivity contribution < 1.29 is 0 Å². The van der Waals surface area contributed by atoms with Gasteiger partial charge in [0.15, 0.2) is 0 Å². The van der Waals surface area contributed by atoms with Crippen LogP contribution in [0.2, 0.25) is 0 Å². The maximum absolute atomic E-state index is 4.31. The van der Waals surface area contributed by atoms with Gasteiger partial charge in [0.25, 0.3) is 0 Å². The summed E-state index contributed by atoms with van der Waals surface area (Å²) in [6.07, 6.45) is 5.25. The highest BCUT2D eigenvalue weighted by atomic mass is 15.3. The van der Waals surface area contributed by atoms with Crippen LogP contribution in [-0.2, 0) is 19.5 Å². The topological polar surface area (TPSA) is 33.1 Å². The van der Waals surface area contributed by atoms with Crippen LogP contribution >= 0.6 is 0 Å². The van der Waals surface area contributed by atoms with Gasteiger partial charge in [-0.3, -0.25) is 4.68 Å². The lowest BCUT2D eigenvalue weighted by Crippen LogP contribution is -2.37. The fourth-order valence-electron chi connectivity index (χ4n) is 3.15. The lowest BCUT2D eigenvalue weighted by molar-refractivity contribution is 0.460. The van der Waals surface area contributed by atoms with Gasteiger partial charge in [0.05, 0.1) is 6.20 Å². The number of hydrogen-bond donors (Lipinski definition) is 1. The first-order valence-corrected chi connectivity index (χ1v) is 7.77. The molecule has 1 aliphatic rings. The molecule has 0 spiro atoms. The van der Waals surface area contributed by atoms with Gasteiger partial charge in [0.2, 0.25) is 0 Å². The lowest BCUT2D eigenvalue weighted by Gasteiger charge is -2.33. The Hall–Kier alpha value is -1.81. The highest BCUT2D eigenvalue weighted by Gasteiger charge is 2.21. The third-order valence-corrected chi connectivity index (χ3v) is 4.22.